The highest BCUT2D eigenvalue weighted by atomic mass is 35.5. The van der Waals surface area contributed by atoms with Crippen molar-refractivity contribution in [2.24, 2.45) is 5.41 Å². The number of Topliss-reactive ketones (excluding diaryl/α,β-unsaturated/α-hetero) is 1. The topological polar surface area (TPSA) is 108 Å². The summed E-state index contributed by atoms with van der Waals surface area (Å²) in [4.78, 5) is 43.7. The first-order valence-corrected chi connectivity index (χ1v) is 12.6. The molecule has 0 aliphatic rings. The monoisotopic (exact) mass is 539 g/mol. The molecular formula is C26H26ClN5O4S. The van der Waals surface area contributed by atoms with Crippen LogP contribution in [0.1, 0.15) is 40.9 Å². The Labute approximate surface area is 222 Å². The number of ketones is 1. The van der Waals surface area contributed by atoms with Gasteiger partial charge in [-0.05, 0) is 24.3 Å². The molecule has 0 fully saturated rings. The summed E-state index contributed by atoms with van der Waals surface area (Å²) in [5, 5.41) is 7.83. The van der Waals surface area contributed by atoms with Crippen LogP contribution in [0.3, 0.4) is 0 Å². The summed E-state index contributed by atoms with van der Waals surface area (Å²) in [7, 11) is 1.44. The Balaban J connectivity index is 1.74. The molecule has 1 N–H and O–H groups in total. The molecule has 192 valence electrons. The van der Waals surface area contributed by atoms with Crippen LogP contribution in [0.4, 0.5) is 5.82 Å². The third-order valence-corrected chi connectivity index (χ3v) is 6.70. The van der Waals surface area contributed by atoms with Gasteiger partial charge in [0.15, 0.2) is 0 Å². The van der Waals surface area contributed by atoms with Crippen LogP contribution in [0.15, 0.2) is 59.7 Å². The highest BCUT2D eigenvalue weighted by molar-refractivity contribution is 7.16. The number of anilines is 1. The Hall–Kier alpha value is -3.76. The van der Waals surface area contributed by atoms with Gasteiger partial charge in [0.2, 0.25) is 5.78 Å². The minimum absolute atomic E-state index is 0.210. The number of pyridine rings is 2. The van der Waals surface area contributed by atoms with Crippen molar-refractivity contribution < 1.29 is 14.3 Å². The highest BCUT2D eigenvalue weighted by Crippen LogP contribution is 2.31. The van der Waals surface area contributed by atoms with E-state index in [2.05, 4.69) is 15.4 Å². The van der Waals surface area contributed by atoms with E-state index in [9.17, 15) is 14.4 Å². The molecule has 0 radical (unpaired) electrons. The van der Waals surface area contributed by atoms with Gasteiger partial charge >= 0.3 is 0 Å². The first-order valence-electron chi connectivity index (χ1n) is 11.4. The molecule has 0 aliphatic carbocycles. The number of rotatable bonds is 8. The van der Waals surface area contributed by atoms with Gasteiger partial charge in [0.05, 0.1) is 30.1 Å². The van der Waals surface area contributed by atoms with Crippen LogP contribution in [0.25, 0.3) is 11.3 Å². The molecule has 0 spiro atoms. The van der Waals surface area contributed by atoms with E-state index in [1.807, 2.05) is 32.9 Å². The molecule has 0 bridgehead atoms. The number of thiophene rings is 1. The summed E-state index contributed by atoms with van der Waals surface area (Å²) in [5.74, 6) is 0.215. The zero-order valence-corrected chi connectivity index (χ0v) is 22.4. The number of aromatic nitrogens is 4. The number of nitrogens with one attached hydrogen (secondary N) is 1. The van der Waals surface area contributed by atoms with Gasteiger partial charge in [-0.1, -0.05) is 38.4 Å². The van der Waals surface area contributed by atoms with E-state index in [0.717, 1.165) is 4.88 Å². The number of carbonyl (C=O) groups excluding carboxylic acids is 2. The van der Waals surface area contributed by atoms with Crippen molar-refractivity contribution in [1.82, 2.24) is 19.3 Å². The summed E-state index contributed by atoms with van der Waals surface area (Å²) in [5.41, 5.74) is -0.00185. The summed E-state index contributed by atoms with van der Waals surface area (Å²) in [6.07, 6.45) is 3.03. The van der Waals surface area contributed by atoms with Crippen molar-refractivity contribution in [2.45, 2.75) is 33.9 Å². The van der Waals surface area contributed by atoms with Crippen LogP contribution in [0.5, 0.6) is 5.75 Å². The maximum Gasteiger partial charge on any atom is 0.254 e. The minimum atomic E-state index is -0.704. The Kier molecular flexibility index (Phi) is 7.60. The third kappa shape index (κ3) is 5.98. The van der Waals surface area contributed by atoms with Crippen LogP contribution >= 0.6 is 22.9 Å². The fourth-order valence-electron chi connectivity index (χ4n) is 3.54. The van der Waals surface area contributed by atoms with Crippen LogP contribution in [-0.2, 0) is 13.1 Å². The lowest BCUT2D eigenvalue weighted by atomic mass is 9.96. The van der Waals surface area contributed by atoms with E-state index < -0.39 is 11.0 Å². The summed E-state index contributed by atoms with van der Waals surface area (Å²) < 4.78 is 8.72. The second-order valence-electron chi connectivity index (χ2n) is 9.30. The quantitative estimate of drug-likeness (QED) is 0.313. The number of methoxy groups -OCH3 is 1. The molecule has 4 aromatic rings. The van der Waals surface area contributed by atoms with Crippen molar-refractivity contribution in [3.63, 3.8) is 0 Å². The van der Waals surface area contributed by atoms with Crippen LogP contribution in [-0.4, -0.2) is 38.1 Å². The molecule has 4 heterocycles. The molecule has 0 saturated heterocycles. The Morgan fingerprint density at radius 3 is 2.57 bits per heavy atom. The molecule has 9 nitrogen and oxygen atoms in total. The fourth-order valence-corrected chi connectivity index (χ4v) is 4.57. The second-order valence-corrected chi connectivity index (χ2v) is 11.1. The lowest BCUT2D eigenvalue weighted by Crippen LogP contribution is -2.28. The molecule has 0 saturated carbocycles. The van der Waals surface area contributed by atoms with Crippen molar-refractivity contribution >= 4 is 40.4 Å². The van der Waals surface area contributed by atoms with Crippen LogP contribution < -0.4 is 15.6 Å². The maximum atomic E-state index is 13.2. The lowest BCUT2D eigenvalue weighted by molar-refractivity contribution is 0.0752. The van der Waals surface area contributed by atoms with E-state index in [4.69, 9.17) is 16.3 Å². The van der Waals surface area contributed by atoms with Gasteiger partial charge in [-0.3, -0.25) is 19.4 Å². The molecule has 4 aromatic heterocycles. The molecule has 0 atom stereocenters. The van der Waals surface area contributed by atoms with E-state index in [1.165, 1.54) is 46.2 Å². The van der Waals surface area contributed by atoms with Gasteiger partial charge in [0, 0.05) is 34.8 Å². The number of ether oxygens (including phenoxy) is 1. The molecular weight excluding hydrogens is 514 g/mol. The predicted octanol–water partition coefficient (Wildman–Crippen LogP) is 5.01. The van der Waals surface area contributed by atoms with Gasteiger partial charge < -0.3 is 14.6 Å². The van der Waals surface area contributed by atoms with Gasteiger partial charge in [-0.2, -0.15) is 9.78 Å². The molecule has 0 unspecified atom stereocenters. The van der Waals surface area contributed by atoms with E-state index >= 15 is 0 Å². The molecule has 0 aliphatic heterocycles. The van der Waals surface area contributed by atoms with Gasteiger partial charge in [0.1, 0.15) is 23.0 Å². The number of halogens is 1. The highest BCUT2D eigenvalue weighted by Gasteiger charge is 2.28. The molecule has 0 aromatic carbocycles. The summed E-state index contributed by atoms with van der Waals surface area (Å²) >= 11 is 7.49. The van der Waals surface area contributed by atoms with E-state index in [-0.39, 0.29) is 29.7 Å². The van der Waals surface area contributed by atoms with Crippen LogP contribution in [0.2, 0.25) is 4.34 Å². The first kappa shape index (κ1) is 26.3. The standard InChI is InChI=1S/C26H26ClN5O4S/c1-26(2,3)25(35)32-23(29-13-16-8-9-22(27)37-16)11-19(30-32)17-14-31(24(34)12-21(17)36-4)15-20(33)18-7-5-6-10-28-18/h5-12,14,29H,13,15H2,1-4H3. The largest absolute Gasteiger partial charge is 0.496 e. The zero-order chi connectivity index (χ0) is 26.7. The average Bonchev–Trinajstić information content (AvgIpc) is 3.49. The first-order chi connectivity index (χ1) is 17.6. The van der Waals surface area contributed by atoms with Crippen LogP contribution in [0, 0.1) is 5.41 Å². The molecule has 37 heavy (non-hydrogen) atoms. The van der Waals surface area contributed by atoms with Crippen molar-refractivity contribution in [3.05, 3.63) is 80.1 Å². The zero-order valence-electron chi connectivity index (χ0n) is 20.8. The Bertz CT molecular complexity index is 1500. The maximum absolute atomic E-state index is 13.2. The SMILES string of the molecule is COc1cc(=O)n(CC(=O)c2ccccn2)cc1-c1cc(NCc2ccc(Cl)s2)n(C(=O)C(C)(C)C)n1. The molecule has 11 heteroatoms. The number of carbonyl (C=O) groups is 2. The average molecular weight is 540 g/mol. The number of hydrogen-bond donors (Lipinski definition) is 1. The number of hydrogen-bond acceptors (Lipinski definition) is 8. The van der Waals surface area contributed by atoms with Gasteiger partial charge in [0.25, 0.3) is 11.5 Å². The smallest absolute Gasteiger partial charge is 0.254 e. The van der Waals surface area contributed by atoms with Gasteiger partial charge in [-0.25, -0.2) is 0 Å². The van der Waals surface area contributed by atoms with Crippen molar-refractivity contribution in [2.75, 3.05) is 12.4 Å². The van der Waals surface area contributed by atoms with Gasteiger partial charge in [-0.15, -0.1) is 11.3 Å². The third-order valence-electron chi connectivity index (χ3n) is 5.46. The fraction of sp³-hybridized carbons (Fsp3) is 0.269. The lowest BCUT2D eigenvalue weighted by Gasteiger charge is -2.18. The minimum Gasteiger partial charge on any atom is -0.496 e. The molecule has 0 amide bonds. The predicted molar refractivity (Wildman–Crippen MR) is 144 cm³/mol. The Morgan fingerprint density at radius 2 is 1.95 bits per heavy atom. The summed E-state index contributed by atoms with van der Waals surface area (Å²) in [6.45, 7) is 5.66. The van der Waals surface area contributed by atoms with E-state index in [0.29, 0.717) is 28.0 Å². The van der Waals surface area contributed by atoms with Crippen molar-refractivity contribution in [3.8, 4) is 17.0 Å². The Morgan fingerprint density at radius 1 is 1.16 bits per heavy atom. The normalized spacial score (nSPS) is 11.4. The van der Waals surface area contributed by atoms with Crippen molar-refractivity contribution in [1.29, 1.82) is 0 Å². The number of nitrogens with zero attached hydrogens (tertiary/aromatic N) is 4. The van der Waals surface area contributed by atoms with E-state index in [1.54, 1.807) is 24.3 Å². The second kappa shape index (κ2) is 10.7. The molecule has 4 rings (SSSR count). The summed E-state index contributed by atoms with van der Waals surface area (Å²) in [6, 6.07) is 11.7.